The molecule has 0 unspecified atom stereocenters. The van der Waals surface area contributed by atoms with E-state index in [9.17, 15) is 4.79 Å². The maximum absolute atomic E-state index is 11.1. The van der Waals surface area contributed by atoms with E-state index in [4.69, 9.17) is 9.47 Å². The van der Waals surface area contributed by atoms with Crippen molar-refractivity contribution in [3.63, 3.8) is 0 Å². The average molecular weight is 284 g/mol. The first kappa shape index (κ1) is 15.1. The SMILES string of the molecule is CCc1cc(-c2ccc(OC)c(C)c2)ccc1OC(C)=O. The summed E-state index contributed by atoms with van der Waals surface area (Å²) in [5, 5.41) is 0. The predicted molar refractivity (Wildman–Crippen MR) is 83.9 cm³/mol. The van der Waals surface area contributed by atoms with Crippen LogP contribution in [0.2, 0.25) is 0 Å². The summed E-state index contributed by atoms with van der Waals surface area (Å²) in [7, 11) is 1.67. The first-order valence-electron chi connectivity index (χ1n) is 7.01. The molecule has 0 aromatic heterocycles. The fourth-order valence-electron chi connectivity index (χ4n) is 2.35. The van der Waals surface area contributed by atoms with E-state index in [0.717, 1.165) is 34.4 Å². The van der Waals surface area contributed by atoms with Crippen molar-refractivity contribution in [2.24, 2.45) is 0 Å². The lowest BCUT2D eigenvalue weighted by Gasteiger charge is -2.11. The van der Waals surface area contributed by atoms with Gasteiger partial charge in [-0.1, -0.05) is 19.1 Å². The minimum absolute atomic E-state index is 0.294. The summed E-state index contributed by atoms with van der Waals surface area (Å²) >= 11 is 0. The molecule has 110 valence electrons. The van der Waals surface area contributed by atoms with Crippen LogP contribution in [-0.4, -0.2) is 13.1 Å². The molecule has 2 rings (SSSR count). The molecular weight excluding hydrogens is 264 g/mol. The summed E-state index contributed by atoms with van der Waals surface area (Å²) in [6, 6.07) is 12.0. The number of esters is 1. The number of carbonyl (C=O) groups is 1. The van der Waals surface area contributed by atoms with Gasteiger partial charge in [-0.05, 0) is 59.9 Å². The molecule has 0 aliphatic carbocycles. The lowest BCUT2D eigenvalue weighted by atomic mass is 9.99. The maximum Gasteiger partial charge on any atom is 0.308 e. The molecule has 0 heterocycles. The third-order valence-electron chi connectivity index (χ3n) is 3.42. The molecule has 3 heteroatoms. The van der Waals surface area contributed by atoms with Crippen molar-refractivity contribution in [1.82, 2.24) is 0 Å². The van der Waals surface area contributed by atoms with Crippen molar-refractivity contribution < 1.29 is 14.3 Å². The largest absolute Gasteiger partial charge is 0.496 e. The molecule has 21 heavy (non-hydrogen) atoms. The van der Waals surface area contributed by atoms with Crippen LogP contribution in [0.5, 0.6) is 11.5 Å². The molecule has 0 spiro atoms. The summed E-state index contributed by atoms with van der Waals surface area (Å²) in [5.74, 6) is 1.22. The highest BCUT2D eigenvalue weighted by Crippen LogP contribution is 2.30. The molecule has 0 fully saturated rings. The zero-order valence-electron chi connectivity index (χ0n) is 12.9. The molecule has 0 aliphatic rings. The number of hydrogen-bond donors (Lipinski definition) is 0. The predicted octanol–water partition coefficient (Wildman–Crippen LogP) is 4.16. The first-order valence-corrected chi connectivity index (χ1v) is 7.01. The quantitative estimate of drug-likeness (QED) is 0.624. The van der Waals surface area contributed by atoms with Gasteiger partial charge in [-0.3, -0.25) is 4.79 Å². The average Bonchev–Trinajstić information content (AvgIpc) is 2.47. The fourth-order valence-corrected chi connectivity index (χ4v) is 2.35. The maximum atomic E-state index is 11.1. The number of aryl methyl sites for hydroxylation is 2. The minimum atomic E-state index is -0.294. The summed E-state index contributed by atoms with van der Waals surface area (Å²) in [6.07, 6.45) is 0.811. The Hall–Kier alpha value is -2.29. The van der Waals surface area contributed by atoms with Crippen LogP contribution < -0.4 is 9.47 Å². The van der Waals surface area contributed by atoms with Crippen molar-refractivity contribution >= 4 is 5.97 Å². The molecule has 2 aromatic rings. The monoisotopic (exact) mass is 284 g/mol. The van der Waals surface area contributed by atoms with E-state index < -0.39 is 0 Å². The van der Waals surface area contributed by atoms with Crippen molar-refractivity contribution in [3.05, 3.63) is 47.5 Å². The van der Waals surface area contributed by atoms with Crippen LogP contribution in [0.25, 0.3) is 11.1 Å². The van der Waals surface area contributed by atoms with E-state index in [2.05, 4.69) is 12.1 Å². The molecule has 0 amide bonds. The molecule has 2 aromatic carbocycles. The smallest absolute Gasteiger partial charge is 0.308 e. The number of ether oxygens (including phenoxy) is 2. The molecule has 3 nitrogen and oxygen atoms in total. The van der Waals surface area contributed by atoms with Gasteiger partial charge in [0.1, 0.15) is 11.5 Å². The first-order chi connectivity index (χ1) is 10.0. The molecule has 0 saturated heterocycles. The van der Waals surface area contributed by atoms with E-state index in [0.29, 0.717) is 5.75 Å². The molecule has 0 N–H and O–H groups in total. The molecule has 0 atom stereocenters. The summed E-state index contributed by atoms with van der Waals surface area (Å²) in [4.78, 5) is 11.1. The van der Waals surface area contributed by atoms with Gasteiger partial charge >= 0.3 is 5.97 Å². The third kappa shape index (κ3) is 3.43. The van der Waals surface area contributed by atoms with Crippen molar-refractivity contribution in [3.8, 4) is 22.6 Å². The Morgan fingerprint density at radius 2 is 1.67 bits per heavy atom. The van der Waals surface area contributed by atoms with Crippen LogP contribution in [-0.2, 0) is 11.2 Å². The summed E-state index contributed by atoms with van der Waals surface area (Å²) in [6.45, 7) is 5.49. The highest BCUT2D eigenvalue weighted by molar-refractivity contribution is 5.72. The second-order valence-electron chi connectivity index (χ2n) is 4.95. The molecule has 0 aliphatic heterocycles. The van der Waals surface area contributed by atoms with Crippen LogP contribution in [0.1, 0.15) is 25.0 Å². The van der Waals surface area contributed by atoms with Gasteiger partial charge in [0.05, 0.1) is 7.11 Å². The highest BCUT2D eigenvalue weighted by atomic mass is 16.5. The van der Waals surface area contributed by atoms with E-state index in [1.54, 1.807) is 7.11 Å². The zero-order chi connectivity index (χ0) is 15.4. The highest BCUT2D eigenvalue weighted by Gasteiger charge is 2.08. The molecule has 0 saturated carbocycles. The molecular formula is C18H20O3. The fraction of sp³-hybridized carbons (Fsp3) is 0.278. The van der Waals surface area contributed by atoms with E-state index in [1.807, 2.05) is 38.1 Å². The van der Waals surface area contributed by atoms with Gasteiger partial charge in [-0.25, -0.2) is 0 Å². The third-order valence-corrected chi connectivity index (χ3v) is 3.42. The lowest BCUT2D eigenvalue weighted by molar-refractivity contribution is -0.131. The van der Waals surface area contributed by atoms with Crippen LogP contribution in [0.15, 0.2) is 36.4 Å². The topological polar surface area (TPSA) is 35.5 Å². The number of carbonyl (C=O) groups excluding carboxylic acids is 1. The Morgan fingerprint density at radius 3 is 2.19 bits per heavy atom. The van der Waals surface area contributed by atoms with Crippen LogP contribution in [0.4, 0.5) is 0 Å². The standard InChI is InChI=1S/C18H20O3/c1-5-14-11-16(7-9-18(14)21-13(3)19)15-6-8-17(20-4)12(2)10-15/h6-11H,5H2,1-4H3. The normalized spacial score (nSPS) is 10.3. The van der Waals surface area contributed by atoms with Crippen molar-refractivity contribution in [2.45, 2.75) is 27.2 Å². The van der Waals surface area contributed by atoms with Gasteiger partial charge in [0.25, 0.3) is 0 Å². The Labute approximate surface area is 125 Å². The molecule has 0 radical (unpaired) electrons. The zero-order valence-corrected chi connectivity index (χ0v) is 12.9. The van der Waals surface area contributed by atoms with Crippen molar-refractivity contribution in [1.29, 1.82) is 0 Å². The van der Waals surface area contributed by atoms with Gasteiger partial charge in [-0.15, -0.1) is 0 Å². The van der Waals surface area contributed by atoms with E-state index >= 15 is 0 Å². The van der Waals surface area contributed by atoms with E-state index in [1.165, 1.54) is 6.92 Å². The Kier molecular flexibility index (Phi) is 4.63. The van der Waals surface area contributed by atoms with Gasteiger partial charge in [0.2, 0.25) is 0 Å². The van der Waals surface area contributed by atoms with Gasteiger partial charge in [0.15, 0.2) is 0 Å². The van der Waals surface area contributed by atoms with Crippen LogP contribution >= 0.6 is 0 Å². The van der Waals surface area contributed by atoms with Gasteiger partial charge < -0.3 is 9.47 Å². The lowest BCUT2D eigenvalue weighted by Crippen LogP contribution is -2.03. The Morgan fingerprint density at radius 1 is 1.05 bits per heavy atom. The second kappa shape index (κ2) is 6.44. The Bertz CT molecular complexity index is 660. The number of rotatable bonds is 4. The van der Waals surface area contributed by atoms with Crippen LogP contribution in [0, 0.1) is 6.92 Å². The van der Waals surface area contributed by atoms with Gasteiger partial charge in [0, 0.05) is 6.92 Å². The second-order valence-corrected chi connectivity index (χ2v) is 4.95. The van der Waals surface area contributed by atoms with Crippen molar-refractivity contribution in [2.75, 3.05) is 7.11 Å². The summed E-state index contributed by atoms with van der Waals surface area (Å²) < 4.78 is 10.5. The Balaban J connectivity index is 2.40. The van der Waals surface area contributed by atoms with E-state index in [-0.39, 0.29) is 5.97 Å². The number of benzene rings is 2. The number of methoxy groups -OCH3 is 1. The minimum Gasteiger partial charge on any atom is -0.496 e. The van der Waals surface area contributed by atoms with Crippen LogP contribution in [0.3, 0.4) is 0 Å². The number of hydrogen-bond acceptors (Lipinski definition) is 3. The van der Waals surface area contributed by atoms with Gasteiger partial charge in [-0.2, -0.15) is 0 Å². The summed E-state index contributed by atoms with van der Waals surface area (Å²) in [5.41, 5.74) is 4.35. The molecule has 0 bridgehead atoms.